The van der Waals surface area contributed by atoms with Gasteiger partial charge in [0.2, 0.25) is 0 Å². The van der Waals surface area contributed by atoms with Gasteiger partial charge in [-0.2, -0.15) is 5.26 Å². The Morgan fingerprint density at radius 2 is 1.81 bits per heavy atom. The number of benzene rings is 1. The van der Waals surface area contributed by atoms with Crippen LogP contribution in [0, 0.1) is 11.3 Å². The van der Waals surface area contributed by atoms with Gasteiger partial charge < -0.3 is 5.73 Å². The number of hydrogen-bond acceptors (Lipinski definition) is 2. The average molecular weight is 216 g/mol. The average Bonchev–Trinajstić information content (AvgIpc) is 2.35. The molecule has 0 aliphatic heterocycles. The van der Waals surface area contributed by atoms with Gasteiger partial charge in [0.15, 0.2) is 0 Å². The molecule has 16 heavy (non-hydrogen) atoms. The smallest absolute Gasteiger partial charge is 0.0622 e. The van der Waals surface area contributed by atoms with E-state index in [-0.39, 0.29) is 6.04 Å². The third kappa shape index (κ3) is 3.36. The zero-order chi connectivity index (χ0) is 12.0. The molecule has 0 spiro atoms. The first-order chi connectivity index (χ1) is 7.69. The molecular formula is C14H20N2. The third-order valence-corrected chi connectivity index (χ3v) is 3.11. The summed E-state index contributed by atoms with van der Waals surface area (Å²) < 4.78 is 0. The minimum Gasteiger partial charge on any atom is -0.324 e. The van der Waals surface area contributed by atoms with Gasteiger partial charge in [-0.3, -0.25) is 0 Å². The highest BCUT2D eigenvalue weighted by Gasteiger charge is 2.07. The van der Waals surface area contributed by atoms with Crippen LogP contribution in [0.3, 0.4) is 0 Å². The normalized spacial score (nSPS) is 14.1. The summed E-state index contributed by atoms with van der Waals surface area (Å²) in [6.45, 7) is 4.42. The van der Waals surface area contributed by atoms with Crippen molar-refractivity contribution in [3.63, 3.8) is 0 Å². The third-order valence-electron chi connectivity index (χ3n) is 3.11. The van der Waals surface area contributed by atoms with Gasteiger partial charge in [0.05, 0.1) is 6.07 Å². The molecular weight excluding hydrogens is 196 g/mol. The van der Waals surface area contributed by atoms with E-state index in [0.29, 0.717) is 12.3 Å². The Morgan fingerprint density at radius 1 is 1.25 bits per heavy atom. The predicted octanol–water partition coefficient (Wildman–Crippen LogP) is 3.50. The van der Waals surface area contributed by atoms with Gasteiger partial charge in [-0.25, -0.2) is 0 Å². The van der Waals surface area contributed by atoms with Gasteiger partial charge in [-0.1, -0.05) is 38.1 Å². The highest BCUT2D eigenvalue weighted by molar-refractivity contribution is 5.27. The standard InChI is InChI=1S/C14H20N2/c1-3-11(2)12-6-8-13(9-7-12)14(16)5-4-10-15/h6-9,11,14H,3-5,16H2,1-2H3. The maximum absolute atomic E-state index is 8.51. The maximum atomic E-state index is 8.51. The van der Waals surface area contributed by atoms with Crippen LogP contribution < -0.4 is 5.73 Å². The summed E-state index contributed by atoms with van der Waals surface area (Å²) in [6.07, 6.45) is 2.41. The quantitative estimate of drug-likeness (QED) is 0.818. The van der Waals surface area contributed by atoms with Crippen LogP contribution in [0.15, 0.2) is 24.3 Å². The minimum atomic E-state index is -0.00867. The van der Waals surface area contributed by atoms with Crippen molar-refractivity contribution in [2.75, 3.05) is 0 Å². The molecule has 0 aliphatic carbocycles. The maximum Gasteiger partial charge on any atom is 0.0622 e. The van der Waals surface area contributed by atoms with Crippen LogP contribution in [0.1, 0.15) is 56.2 Å². The molecule has 0 bridgehead atoms. The molecule has 1 aromatic rings. The second-order valence-corrected chi connectivity index (χ2v) is 4.28. The Hall–Kier alpha value is -1.33. The molecule has 0 aliphatic rings. The Kier molecular flexibility index (Phi) is 5.01. The Balaban J connectivity index is 2.67. The van der Waals surface area contributed by atoms with Gasteiger partial charge in [0.1, 0.15) is 0 Å². The molecule has 1 rings (SSSR count). The Morgan fingerprint density at radius 3 is 2.31 bits per heavy atom. The Bertz CT molecular complexity index is 348. The fourth-order valence-electron chi connectivity index (χ4n) is 1.69. The first-order valence-electron chi connectivity index (χ1n) is 5.91. The van der Waals surface area contributed by atoms with E-state index in [2.05, 4.69) is 44.2 Å². The van der Waals surface area contributed by atoms with Crippen LogP contribution in [-0.2, 0) is 0 Å². The summed E-state index contributed by atoms with van der Waals surface area (Å²) in [4.78, 5) is 0. The molecule has 1 aromatic carbocycles. The second kappa shape index (κ2) is 6.30. The van der Waals surface area contributed by atoms with Crippen molar-refractivity contribution in [2.45, 2.75) is 45.1 Å². The van der Waals surface area contributed by atoms with Crippen molar-refractivity contribution in [3.8, 4) is 6.07 Å². The van der Waals surface area contributed by atoms with E-state index in [1.165, 1.54) is 5.56 Å². The lowest BCUT2D eigenvalue weighted by Gasteiger charge is -2.13. The molecule has 2 nitrogen and oxygen atoms in total. The second-order valence-electron chi connectivity index (χ2n) is 4.28. The summed E-state index contributed by atoms with van der Waals surface area (Å²) >= 11 is 0. The number of hydrogen-bond donors (Lipinski definition) is 1. The van der Waals surface area contributed by atoms with E-state index < -0.39 is 0 Å². The van der Waals surface area contributed by atoms with Gasteiger partial charge in [0, 0.05) is 12.5 Å². The predicted molar refractivity (Wildman–Crippen MR) is 66.9 cm³/mol. The van der Waals surface area contributed by atoms with Crippen LogP contribution in [-0.4, -0.2) is 0 Å². The summed E-state index contributed by atoms with van der Waals surface area (Å²) in [5.41, 5.74) is 8.48. The van der Waals surface area contributed by atoms with Crippen LogP contribution >= 0.6 is 0 Å². The number of nitrogens with zero attached hydrogens (tertiary/aromatic N) is 1. The Labute approximate surface area is 98.1 Å². The van der Waals surface area contributed by atoms with Gasteiger partial charge in [-0.15, -0.1) is 0 Å². The fourth-order valence-corrected chi connectivity index (χ4v) is 1.69. The molecule has 2 atom stereocenters. The van der Waals surface area contributed by atoms with Crippen molar-refractivity contribution in [1.82, 2.24) is 0 Å². The lowest BCUT2D eigenvalue weighted by Crippen LogP contribution is -2.09. The van der Waals surface area contributed by atoms with E-state index >= 15 is 0 Å². The zero-order valence-corrected chi connectivity index (χ0v) is 10.1. The van der Waals surface area contributed by atoms with Crippen molar-refractivity contribution < 1.29 is 0 Å². The minimum absolute atomic E-state index is 0.00867. The molecule has 0 saturated carbocycles. The molecule has 0 fully saturated rings. The van der Waals surface area contributed by atoms with Crippen LogP contribution in [0.4, 0.5) is 0 Å². The largest absolute Gasteiger partial charge is 0.324 e. The summed E-state index contributed by atoms with van der Waals surface area (Å²) in [6, 6.07) is 10.6. The van der Waals surface area contributed by atoms with E-state index in [9.17, 15) is 0 Å². The topological polar surface area (TPSA) is 49.8 Å². The van der Waals surface area contributed by atoms with Crippen molar-refractivity contribution in [3.05, 3.63) is 35.4 Å². The molecule has 0 amide bonds. The molecule has 0 aromatic heterocycles. The molecule has 2 N–H and O–H groups in total. The molecule has 0 heterocycles. The lowest BCUT2D eigenvalue weighted by molar-refractivity contribution is 0.663. The zero-order valence-electron chi connectivity index (χ0n) is 10.1. The number of nitrogens with two attached hydrogens (primary N) is 1. The highest BCUT2D eigenvalue weighted by Crippen LogP contribution is 2.22. The monoisotopic (exact) mass is 216 g/mol. The van der Waals surface area contributed by atoms with Crippen molar-refractivity contribution >= 4 is 0 Å². The van der Waals surface area contributed by atoms with Gasteiger partial charge in [0.25, 0.3) is 0 Å². The lowest BCUT2D eigenvalue weighted by atomic mass is 9.95. The van der Waals surface area contributed by atoms with Crippen LogP contribution in [0.25, 0.3) is 0 Å². The van der Waals surface area contributed by atoms with Crippen LogP contribution in [0.5, 0.6) is 0 Å². The number of nitriles is 1. The highest BCUT2D eigenvalue weighted by atomic mass is 14.6. The van der Waals surface area contributed by atoms with Crippen LogP contribution in [0.2, 0.25) is 0 Å². The summed E-state index contributed by atoms with van der Waals surface area (Å²) in [5, 5.41) is 8.51. The molecule has 2 heteroatoms. The molecule has 86 valence electrons. The van der Waals surface area contributed by atoms with E-state index in [1.54, 1.807) is 0 Å². The molecule has 0 radical (unpaired) electrons. The first kappa shape index (κ1) is 12.7. The van der Waals surface area contributed by atoms with Gasteiger partial charge >= 0.3 is 0 Å². The van der Waals surface area contributed by atoms with Crippen molar-refractivity contribution in [1.29, 1.82) is 5.26 Å². The van der Waals surface area contributed by atoms with E-state index in [4.69, 9.17) is 11.0 Å². The molecule has 2 unspecified atom stereocenters. The first-order valence-corrected chi connectivity index (χ1v) is 5.91. The van der Waals surface area contributed by atoms with Gasteiger partial charge in [-0.05, 0) is 29.9 Å². The fraction of sp³-hybridized carbons (Fsp3) is 0.500. The number of rotatable bonds is 5. The van der Waals surface area contributed by atoms with E-state index in [0.717, 1.165) is 18.4 Å². The SMILES string of the molecule is CCC(C)c1ccc(C(N)CCC#N)cc1. The van der Waals surface area contributed by atoms with E-state index in [1.807, 2.05) is 0 Å². The van der Waals surface area contributed by atoms with Crippen molar-refractivity contribution in [2.24, 2.45) is 5.73 Å². The summed E-state index contributed by atoms with van der Waals surface area (Å²) in [5.74, 6) is 0.601. The molecule has 0 saturated heterocycles. The summed E-state index contributed by atoms with van der Waals surface area (Å²) in [7, 11) is 0.